The molecule has 0 saturated heterocycles. The van der Waals surface area contributed by atoms with Gasteiger partial charge in [0, 0.05) is 45.1 Å². The summed E-state index contributed by atoms with van der Waals surface area (Å²) >= 11 is 3.56. The molecule has 0 spiro atoms. The normalized spacial score (nSPS) is 14.7. The van der Waals surface area contributed by atoms with Gasteiger partial charge >= 0.3 is 0 Å². The van der Waals surface area contributed by atoms with Crippen molar-refractivity contribution in [1.29, 1.82) is 0 Å². The van der Waals surface area contributed by atoms with Crippen LogP contribution in [0.25, 0.3) is 22.0 Å². The summed E-state index contributed by atoms with van der Waals surface area (Å²) in [4.78, 5) is 41.8. The number of amides is 1. The van der Waals surface area contributed by atoms with E-state index in [0.29, 0.717) is 33.5 Å². The molecule has 1 amide bonds. The lowest BCUT2D eigenvalue weighted by Crippen LogP contribution is -2.27. The van der Waals surface area contributed by atoms with Crippen molar-refractivity contribution < 1.29 is 9.72 Å². The van der Waals surface area contributed by atoms with E-state index in [1.165, 1.54) is 17.1 Å². The van der Waals surface area contributed by atoms with Gasteiger partial charge < -0.3 is 4.98 Å². The van der Waals surface area contributed by atoms with Crippen LogP contribution in [-0.2, 0) is 0 Å². The van der Waals surface area contributed by atoms with Crippen LogP contribution in [0, 0.1) is 17.0 Å². The first kappa shape index (κ1) is 26.3. The van der Waals surface area contributed by atoms with Crippen LogP contribution in [0.3, 0.4) is 0 Å². The van der Waals surface area contributed by atoms with Crippen LogP contribution in [0.1, 0.15) is 39.5 Å². The van der Waals surface area contributed by atoms with Crippen LogP contribution in [0.5, 0.6) is 0 Å². The number of nitrogens with one attached hydrogen (secondary N) is 1. The van der Waals surface area contributed by atoms with Crippen molar-refractivity contribution in [2.24, 2.45) is 5.10 Å². The maximum absolute atomic E-state index is 13.9. The summed E-state index contributed by atoms with van der Waals surface area (Å²) in [7, 11) is 0. The van der Waals surface area contributed by atoms with E-state index in [-0.39, 0.29) is 23.6 Å². The highest BCUT2D eigenvalue weighted by molar-refractivity contribution is 9.10. The molecule has 0 unspecified atom stereocenters. The van der Waals surface area contributed by atoms with Gasteiger partial charge in [0.1, 0.15) is 0 Å². The Labute approximate surface area is 243 Å². The van der Waals surface area contributed by atoms with Crippen molar-refractivity contribution in [3.8, 4) is 11.1 Å². The number of nitrogens with zero attached hydrogens (tertiary/aromatic N) is 3. The minimum absolute atomic E-state index is 0.0855. The van der Waals surface area contributed by atoms with Crippen molar-refractivity contribution in [2.75, 3.05) is 0 Å². The van der Waals surface area contributed by atoms with Gasteiger partial charge in [-0.2, -0.15) is 5.10 Å². The fraction of sp³-hybridized carbons (Fsp3) is 0.0938. The second-order valence-electron chi connectivity index (χ2n) is 9.84. The predicted octanol–water partition coefficient (Wildman–Crippen LogP) is 7.17. The monoisotopic (exact) mass is 606 g/mol. The highest BCUT2D eigenvalue weighted by Crippen LogP contribution is 2.39. The topological polar surface area (TPSA) is 109 Å². The lowest BCUT2D eigenvalue weighted by molar-refractivity contribution is -0.384. The number of nitro benzene ring substituents is 1. The van der Waals surface area contributed by atoms with Gasteiger partial charge in [0.2, 0.25) is 0 Å². The number of rotatable bonds is 5. The number of nitro groups is 1. The van der Waals surface area contributed by atoms with Crippen molar-refractivity contribution in [3.63, 3.8) is 0 Å². The van der Waals surface area contributed by atoms with E-state index >= 15 is 0 Å². The average molecular weight is 607 g/mol. The molecule has 1 aromatic heterocycles. The van der Waals surface area contributed by atoms with E-state index in [0.717, 1.165) is 21.0 Å². The number of carbonyl (C=O) groups excluding carboxylic acids is 1. The third-order valence-corrected chi connectivity index (χ3v) is 7.78. The number of hydrogen-bond donors (Lipinski definition) is 1. The molecule has 5 aromatic rings. The van der Waals surface area contributed by atoms with Crippen LogP contribution in [-0.4, -0.2) is 26.5 Å². The zero-order chi connectivity index (χ0) is 28.7. The molecular weight excluding hydrogens is 584 g/mol. The Kier molecular flexibility index (Phi) is 6.80. The van der Waals surface area contributed by atoms with Crippen molar-refractivity contribution >= 4 is 44.1 Å². The summed E-state index contributed by atoms with van der Waals surface area (Å²) in [6.07, 6.45) is 0.196. The number of hydrazone groups is 1. The minimum Gasteiger partial charge on any atom is -0.321 e. The maximum atomic E-state index is 13.9. The summed E-state index contributed by atoms with van der Waals surface area (Å²) in [6, 6.07) is 28.0. The minimum atomic E-state index is -0.654. The van der Waals surface area contributed by atoms with Crippen LogP contribution < -0.4 is 5.56 Å². The fourth-order valence-electron chi connectivity index (χ4n) is 5.34. The number of aromatic nitrogens is 1. The standard InChI is InChI=1S/C32H23BrN4O4/c1-19-8-5-6-13-24(19)32(39)36-28(21-11-7-12-23(16-21)37(40)41)18-27(35-36)30-29(20-9-3-2-4-10-20)25-17-22(33)14-15-26(25)34-31(30)38/h2-17,28H,18H2,1H3,(H,34,38)/t28-/m1/s1. The Morgan fingerprint density at radius 1 is 0.976 bits per heavy atom. The molecule has 0 saturated carbocycles. The van der Waals surface area contributed by atoms with E-state index < -0.39 is 11.0 Å². The predicted molar refractivity (Wildman–Crippen MR) is 162 cm³/mol. The molecule has 1 atom stereocenters. The number of hydrogen-bond acceptors (Lipinski definition) is 5. The third kappa shape index (κ3) is 4.85. The molecule has 4 aromatic carbocycles. The average Bonchev–Trinajstić information content (AvgIpc) is 3.42. The second-order valence-corrected chi connectivity index (χ2v) is 10.8. The zero-order valence-corrected chi connectivity index (χ0v) is 23.5. The lowest BCUT2D eigenvalue weighted by atomic mass is 9.91. The summed E-state index contributed by atoms with van der Waals surface area (Å²) in [5, 5.41) is 18.5. The first-order chi connectivity index (χ1) is 19.8. The van der Waals surface area contributed by atoms with E-state index in [9.17, 15) is 19.7 Å². The van der Waals surface area contributed by atoms with Crippen LogP contribution in [0.15, 0.2) is 111 Å². The molecule has 8 nitrogen and oxygen atoms in total. The highest BCUT2D eigenvalue weighted by Gasteiger charge is 2.36. The number of H-pyrrole nitrogens is 1. The quantitative estimate of drug-likeness (QED) is 0.169. The summed E-state index contributed by atoms with van der Waals surface area (Å²) < 4.78 is 0.847. The molecule has 41 heavy (non-hydrogen) atoms. The molecule has 1 N–H and O–H groups in total. The molecule has 0 aliphatic carbocycles. The van der Waals surface area contributed by atoms with Gasteiger partial charge in [0.15, 0.2) is 0 Å². The van der Waals surface area contributed by atoms with Crippen LogP contribution in [0.4, 0.5) is 5.69 Å². The molecule has 6 rings (SSSR count). The van der Waals surface area contributed by atoms with Crippen LogP contribution >= 0.6 is 15.9 Å². The molecule has 9 heteroatoms. The Bertz CT molecular complexity index is 1930. The maximum Gasteiger partial charge on any atom is 0.274 e. The van der Waals surface area contributed by atoms with E-state index in [1.807, 2.05) is 67.6 Å². The summed E-state index contributed by atoms with van der Waals surface area (Å²) in [5.41, 5.74) is 4.36. The number of carbonyl (C=O) groups is 1. The molecule has 2 heterocycles. The molecule has 0 bridgehead atoms. The fourth-order valence-corrected chi connectivity index (χ4v) is 5.70. The van der Waals surface area contributed by atoms with Gasteiger partial charge in [-0.1, -0.05) is 76.6 Å². The van der Waals surface area contributed by atoms with Crippen molar-refractivity contribution in [3.05, 3.63) is 144 Å². The Balaban J connectivity index is 1.58. The number of aryl methyl sites for hydroxylation is 1. The van der Waals surface area contributed by atoms with Gasteiger partial charge in [-0.3, -0.25) is 19.7 Å². The second kappa shape index (κ2) is 10.6. The zero-order valence-electron chi connectivity index (χ0n) is 21.9. The molecule has 1 aliphatic heterocycles. The van der Waals surface area contributed by atoms with Gasteiger partial charge in [0.25, 0.3) is 17.2 Å². The number of aromatic amines is 1. The first-order valence-electron chi connectivity index (χ1n) is 12.9. The Morgan fingerprint density at radius 2 is 1.73 bits per heavy atom. The smallest absolute Gasteiger partial charge is 0.274 e. The van der Waals surface area contributed by atoms with Gasteiger partial charge in [0.05, 0.1) is 22.2 Å². The number of fused-ring (bicyclic) bond motifs is 1. The molecular formula is C32H23BrN4O4. The lowest BCUT2D eigenvalue weighted by Gasteiger charge is -2.22. The Hall–Kier alpha value is -4.89. The van der Waals surface area contributed by atoms with Gasteiger partial charge in [-0.15, -0.1) is 0 Å². The van der Waals surface area contributed by atoms with E-state index in [4.69, 9.17) is 5.10 Å². The summed E-state index contributed by atoms with van der Waals surface area (Å²) in [6.45, 7) is 1.84. The molecule has 202 valence electrons. The van der Waals surface area contributed by atoms with Gasteiger partial charge in [-0.25, -0.2) is 5.01 Å². The third-order valence-electron chi connectivity index (χ3n) is 7.29. The Morgan fingerprint density at radius 3 is 2.49 bits per heavy atom. The highest BCUT2D eigenvalue weighted by atomic mass is 79.9. The number of pyridine rings is 1. The van der Waals surface area contributed by atoms with Gasteiger partial charge in [-0.05, 0) is 47.9 Å². The van der Waals surface area contributed by atoms with E-state index in [1.54, 1.807) is 24.3 Å². The number of benzene rings is 4. The largest absolute Gasteiger partial charge is 0.321 e. The molecule has 1 aliphatic rings. The SMILES string of the molecule is Cc1ccccc1C(=O)N1N=C(c2c(-c3ccccc3)c3cc(Br)ccc3[nH]c2=O)C[C@@H]1c1cccc([N+](=O)[O-])c1. The van der Waals surface area contributed by atoms with Crippen molar-refractivity contribution in [2.45, 2.75) is 19.4 Å². The van der Waals surface area contributed by atoms with Crippen molar-refractivity contribution in [1.82, 2.24) is 9.99 Å². The first-order valence-corrected chi connectivity index (χ1v) is 13.7. The number of non-ortho nitro benzene ring substituents is 1. The summed E-state index contributed by atoms with van der Waals surface area (Å²) in [5.74, 6) is -0.351. The molecule has 0 fully saturated rings. The van der Waals surface area contributed by atoms with Crippen LogP contribution in [0.2, 0.25) is 0 Å². The molecule has 0 radical (unpaired) electrons. The van der Waals surface area contributed by atoms with E-state index in [2.05, 4.69) is 20.9 Å². The number of halogens is 1.